The number of benzene rings is 1. The van der Waals surface area contributed by atoms with Crippen molar-refractivity contribution in [3.8, 4) is 5.88 Å². The molecule has 1 aliphatic rings. The molecule has 1 aliphatic heterocycles. The van der Waals surface area contributed by atoms with Gasteiger partial charge in [0, 0.05) is 26.1 Å². The third kappa shape index (κ3) is 10.4. The maximum atomic E-state index is 16.4. The van der Waals surface area contributed by atoms with Gasteiger partial charge in [-0.1, -0.05) is 59.7 Å². The number of likely N-dealkylation sites (N-methyl/N-ethyl adjacent to an activating group) is 1. The lowest BCUT2D eigenvalue weighted by atomic mass is 10.1. The molecular formula is C36H54F2N6O11SSi2. The van der Waals surface area contributed by atoms with Crippen LogP contribution in [0.15, 0.2) is 61.9 Å². The first-order valence-electron chi connectivity index (χ1n) is 18.6. The Morgan fingerprint density at radius 3 is 2.24 bits per heavy atom. The van der Waals surface area contributed by atoms with Crippen molar-refractivity contribution in [2.45, 2.75) is 125 Å². The molecule has 1 N–H and O–H groups in total. The van der Waals surface area contributed by atoms with Gasteiger partial charge < -0.3 is 33.7 Å². The number of hydrogen-bond donors (Lipinski definition) is 1. The van der Waals surface area contributed by atoms with Crippen LogP contribution in [0.3, 0.4) is 0 Å². The first-order chi connectivity index (χ1) is 26.6. The van der Waals surface area contributed by atoms with Crippen molar-refractivity contribution in [3.63, 3.8) is 0 Å². The van der Waals surface area contributed by atoms with E-state index in [0.717, 1.165) is 6.20 Å². The minimum atomic E-state index is -4.34. The molecule has 0 bridgehead atoms. The topological polar surface area (TPSA) is 208 Å². The SMILES string of the molecule is CN(CCOc1no[n+]([O-])c1S(=O)(=O)c1ccccc1)C(=O)CCC(=O)Nc1ccn([C@@H]2O[C@H](CO[Si](C)(C)C(C)(C)C)[C@@H](O[Si](C)(C)C(C)(C)C)C2(F)F)c(=O)n1. The van der Waals surface area contributed by atoms with Gasteiger partial charge >= 0.3 is 22.5 Å². The van der Waals surface area contributed by atoms with Gasteiger partial charge in [-0.2, -0.15) is 13.8 Å². The van der Waals surface area contributed by atoms with Crippen LogP contribution in [0.25, 0.3) is 0 Å². The van der Waals surface area contributed by atoms with Crippen LogP contribution in [-0.2, 0) is 33.0 Å². The molecular weight excluding hydrogens is 819 g/mol. The number of sulfone groups is 1. The minimum Gasteiger partial charge on any atom is -0.453 e. The number of hydrogen-bond acceptors (Lipinski definition) is 13. The number of nitrogens with one attached hydrogen (secondary N) is 1. The normalized spacial score (nSPS) is 18.9. The summed E-state index contributed by atoms with van der Waals surface area (Å²) in [5.41, 5.74) is -1.11. The van der Waals surface area contributed by atoms with Crippen molar-refractivity contribution in [2.24, 2.45) is 0 Å². The summed E-state index contributed by atoms with van der Waals surface area (Å²) >= 11 is 0. The highest BCUT2D eigenvalue weighted by Crippen LogP contribution is 2.48. The molecule has 0 radical (unpaired) electrons. The fourth-order valence-corrected chi connectivity index (χ4v) is 8.78. The van der Waals surface area contributed by atoms with Gasteiger partial charge in [0.25, 0.3) is 9.84 Å². The van der Waals surface area contributed by atoms with E-state index in [9.17, 15) is 28.0 Å². The highest BCUT2D eigenvalue weighted by atomic mass is 32.2. The van der Waals surface area contributed by atoms with Crippen LogP contribution >= 0.6 is 0 Å². The number of amides is 2. The van der Waals surface area contributed by atoms with Gasteiger partial charge in [0.1, 0.15) is 24.6 Å². The van der Waals surface area contributed by atoms with Crippen molar-refractivity contribution < 1.29 is 54.6 Å². The Kier molecular flexibility index (Phi) is 13.9. The van der Waals surface area contributed by atoms with E-state index in [-0.39, 0.29) is 53.3 Å². The number of ether oxygens (including phenoxy) is 2. The van der Waals surface area contributed by atoms with Crippen LogP contribution in [0.1, 0.15) is 60.6 Å². The molecule has 1 fully saturated rings. The van der Waals surface area contributed by atoms with E-state index in [1.54, 1.807) is 6.07 Å². The molecule has 22 heteroatoms. The second-order valence-electron chi connectivity index (χ2n) is 17.1. The Hall–Kier alpha value is -4.10. The number of nitrogens with zero attached hydrogens (tertiary/aromatic N) is 5. The summed E-state index contributed by atoms with van der Waals surface area (Å²) < 4.78 is 87.6. The van der Waals surface area contributed by atoms with Gasteiger partial charge in [-0.15, -0.1) is 0 Å². The highest BCUT2D eigenvalue weighted by Gasteiger charge is 2.63. The van der Waals surface area contributed by atoms with Gasteiger partial charge in [0.2, 0.25) is 18.0 Å². The Labute approximate surface area is 338 Å². The van der Waals surface area contributed by atoms with E-state index in [1.165, 1.54) is 42.3 Å². The van der Waals surface area contributed by atoms with Crippen molar-refractivity contribution in [2.75, 3.05) is 32.1 Å². The first kappa shape index (κ1) is 46.6. The monoisotopic (exact) mass is 872 g/mol. The van der Waals surface area contributed by atoms with Gasteiger partial charge in [-0.25, -0.2) is 13.2 Å². The zero-order chi connectivity index (χ0) is 43.6. The number of anilines is 1. The average Bonchev–Trinajstić information content (AvgIpc) is 3.60. The zero-order valence-corrected chi connectivity index (χ0v) is 37.5. The molecule has 3 atom stereocenters. The summed E-state index contributed by atoms with van der Waals surface area (Å²) in [6, 6.07) is 8.30. The Morgan fingerprint density at radius 2 is 1.66 bits per heavy atom. The molecule has 0 unspecified atom stereocenters. The first-order valence-corrected chi connectivity index (χ1v) is 25.9. The lowest BCUT2D eigenvalue weighted by Crippen LogP contribution is -2.53. The summed E-state index contributed by atoms with van der Waals surface area (Å²) in [6.45, 7) is 19.1. The van der Waals surface area contributed by atoms with E-state index in [2.05, 4.69) is 20.1 Å². The molecule has 0 spiro atoms. The Bertz CT molecular complexity index is 2110. The van der Waals surface area contributed by atoms with Crippen LogP contribution in [0.2, 0.25) is 36.3 Å². The second-order valence-corrected chi connectivity index (χ2v) is 28.6. The van der Waals surface area contributed by atoms with Crippen molar-refractivity contribution in [3.05, 3.63) is 58.3 Å². The van der Waals surface area contributed by atoms with Crippen LogP contribution in [0.5, 0.6) is 5.88 Å². The fraction of sp³-hybridized carbons (Fsp3) is 0.611. The molecule has 17 nitrogen and oxygen atoms in total. The molecule has 3 heterocycles. The number of alkyl halides is 2. The number of carbonyl (C=O) groups is 2. The Balaban J connectivity index is 1.37. The van der Waals surface area contributed by atoms with Crippen LogP contribution < -0.4 is 20.6 Å². The molecule has 58 heavy (non-hydrogen) atoms. The summed E-state index contributed by atoms with van der Waals surface area (Å²) in [4.78, 5) is 43.2. The maximum Gasteiger partial charge on any atom is 0.415 e. The summed E-state index contributed by atoms with van der Waals surface area (Å²) in [7, 11) is -8.09. The van der Waals surface area contributed by atoms with Crippen LogP contribution in [0.4, 0.5) is 14.6 Å². The molecule has 4 rings (SSSR count). The zero-order valence-electron chi connectivity index (χ0n) is 34.7. The standard InChI is InChI=1S/C36H54F2N6O11SSi2/c1-34(2,3)57(8,9)52-23-25-29(54-58(10,11)35(4,5)6)36(37,38)32(53-25)43-20-19-26(40-33(43)47)39-27(45)17-18-28(46)42(7)21-22-51-30-31(44(48)55-41-30)56(49,50)24-15-13-12-14-16-24/h12-16,19-20,25,29,32H,17-18,21-23H2,1-11H3,(H,39,40,45,47)/t25-,29-,32-/m1/s1. The third-order valence-corrected chi connectivity index (χ3v) is 21.5. The molecule has 1 saturated heterocycles. The van der Waals surface area contributed by atoms with Crippen molar-refractivity contribution in [1.82, 2.24) is 19.6 Å². The fourth-order valence-electron chi connectivity index (χ4n) is 5.17. The number of rotatable bonds is 16. The van der Waals surface area contributed by atoms with Crippen molar-refractivity contribution >= 4 is 44.1 Å². The highest BCUT2D eigenvalue weighted by molar-refractivity contribution is 7.91. The minimum absolute atomic E-state index is 0.0876. The average molecular weight is 873 g/mol. The number of aromatic nitrogens is 4. The van der Waals surface area contributed by atoms with Gasteiger partial charge in [0.05, 0.1) is 23.2 Å². The molecule has 3 aromatic rings. The summed E-state index contributed by atoms with van der Waals surface area (Å²) in [5, 5.41) is 16.4. The van der Waals surface area contributed by atoms with E-state index in [0.29, 0.717) is 4.57 Å². The number of halogens is 2. The number of carbonyl (C=O) groups excluding carboxylic acids is 2. The van der Waals surface area contributed by atoms with Gasteiger partial charge in [-0.3, -0.25) is 18.8 Å². The smallest absolute Gasteiger partial charge is 0.415 e. The Morgan fingerprint density at radius 1 is 1.03 bits per heavy atom. The molecule has 322 valence electrons. The second kappa shape index (κ2) is 17.2. The lowest BCUT2D eigenvalue weighted by molar-refractivity contribution is -0.832. The van der Waals surface area contributed by atoms with Crippen molar-refractivity contribution in [1.29, 1.82) is 0 Å². The molecule has 1 aromatic carbocycles. The predicted octanol–water partition coefficient (Wildman–Crippen LogP) is 4.90. The van der Waals surface area contributed by atoms with Gasteiger partial charge in [-0.05, 0) is 59.4 Å². The van der Waals surface area contributed by atoms with E-state index in [1.807, 2.05) is 67.7 Å². The largest absolute Gasteiger partial charge is 0.453 e. The third-order valence-electron chi connectivity index (χ3n) is 10.9. The van der Waals surface area contributed by atoms with Crippen LogP contribution in [0, 0.1) is 5.21 Å². The molecule has 0 saturated carbocycles. The predicted molar refractivity (Wildman–Crippen MR) is 211 cm³/mol. The van der Waals surface area contributed by atoms with E-state index in [4.69, 9.17) is 18.3 Å². The van der Waals surface area contributed by atoms with E-state index < -0.39 is 84.3 Å². The summed E-state index contributed by atoms with van der Waals surface area (Å²) in [5.74, 6) is -5.67. The molecule has 2 amide bonds. The van der Waals surface area contributed by atoms with Crippen LogP contribution in [-0.4, -0.2) is 101 Å². The molecule has 0 aliphatic carbocycles. The van der Waals surface area contributed by atoms with Gasteiger partial charge in [0.15, 0.2) is 16.6 Å². The lowest BCUT2D eigenvalue weighted by Gasteiger charge is -2.41. The summed E-state index contributed by atoms with van der Waals surface area (Å²) in [6.07, 6.45) is -4.53. The molecule has 2 aromatic heterocycles. The quantitative estimate of drug-likeness (QED) is 0.150. The van der Waals surface area contributed by atoms with E-state index >= 15 is 8.78 Å². The maximum absolute atomic E-state index is 16.4.